The maximum Gasteiger partial charge on any atom is 0.585 e. The van der Waals surface area contributed by atoms with Crippen LogP contribution in [0.25, 0.3) is 5.57 Å². The highest BCUT2D eigenvalue weighted by Crippen LogP contribution is 2.44. The van der Waals surface area contributed by atoms with E-state index in [1.54, 1.807) is 18.3 Å². The summed E-state index contributed by atoms with van der Waals surface area (Å²) in [7, 11) is 0. The van der Waals surface area contributed by atoms with E-state index in [2.05, 4.69) is 14.5 Å². The quantitative estimate of drug-likeness (QED) is 0.854. The molecule has 6 heteroatoms. The number of nitrogens with zero attached hydrogens (tertiary/aromatic N) is 1. The lowest BCUT2D eigenvalue weighted by atomic mass is 10.0. The van der Waals surface area contributed by atoms with E-state index in [9.17, 15) is 8.78 Å². The van der Waals surface area contributed by atoms with Crippen LogP contribution in [0.15, 0.2) is 41.6 Å². The van der Waals surface area contributed by atoms with Crippen molar-refractivity contribution in [2.75, 3.05) is 0 Å². The number of H-pyrrole nitrogens is 1. The van der Waals surface area contributed by atoms with Crippen molar-refractivity contribution in [2.24, 2.45) is 0 Å². The van der Waals surface area contributed by atoms with Gasteiger partial charge in [-0.05, 0) is 6.92 Å². The molecule has 2 aliphatic rings. The number of nitriles is 1. The zero-order valence-electron chi connectivity index (χ0n) is 10.5. The third kappa shape index (κ3) is 1.97. The first-order valence-corrected chi connectivity index (χ1v) is 5.94. The first-order valence-electron chi connectivity index (χ1n) is 5.94. The maximum absolute atomic E-state index is 13.3. The number of aromatic nitrogens is 1. The molecule has 0 bridgehead atoms. The summed E-state index contributed by atoms with van der Waals surface area (Å²) in [6, 6.07) is 2.01. The molecule has 0 unspecified atom stereocenters. The molecule has 0 amide bonds. The van der Waals surface area contributed by atoms with Gasteiger partial charge in [-0.25, -0.2) is 0 Å². The van der Waals surface area contributed by atoms with Crippen molar-refractivity contribution in [2.45, 2.75) is 19.6 Å². The van der Waals surface area contributed by atoms with Crippen LogP contribution in [0.2, 0.25) is 0 Å². The van der Waals surface area contributed by atoms with Crippen LogP contribution < -0.4 is 0 Å². The number of alkyl halides is 2. The molecule has 1 aliphatic heterocycles. The van der Waals surface area contributed by atoms with Crippen LogP contribution >= 0.6 is 0 Å². The smallest absolute Gasteiger partial charge is 0.399 e. The lowest BCUT2D eigenvalue weighted by molar-refractivity contribution is -0.336. The fraction of sp³-hybridized carbons (Fsp3) is 0.214. The van der Waals surface area contributed by atoms with Gasteiger partial charge in [0.2, 0.25) is 0 Å². The Hall–Kier alpha value is -2.55. The summed E-state index contributed by atoms with van der Waals surface area (Å²) < 4.78 is 35.8. The Kier molecular flexibility index (Phi) is 2.64. The van der Waals surface area contributed by atoms with Crippen LogP contribution in [-0.4, -0.2) is 11.3 Å². The second-order valence-electron chi connectivity index (χ2n) is 4.58. The normalized spacial score (nSPS) is 20.1. The summed E-state index contributed by atoms with van der Waals surface area (Å²) in [6.45, 7) is 1.81. The van der Waals surface area contributed by atoms with Gasteiger partial charge in [-0.3, -0.25) is 0 Å². The highest BCUT2D eigenvalue weighted by molar-refractivity contribution is 5.82. The van der Waals surface area contributed by atoms with Gasteiger partial charge in [0.15, 0.2) is 11.5 Å². The molecule has 0 atom stereocenters. The van der Waals surface area contributed by atoms with E-state index in [-0.39, 0.29) is 17.9 Å². The number of halogens is 2. The zero-order chi connectivity index (χ0) is 14.3. The SMILES string of the molecule is CC1=CC=C(c2c[nH]cc2C#N)C2=C(C1)OC(F)(F)O2. The Balaban J connectivity index is 2.13. The van der Waals surface area contributed by atoms with Gasteiger partial charge in [0.1, 0.15) is 6.07 Å². The molecular weight excluding hydrogens is 266 g/mol. The average molecular weight is 276 g/mol. The van der Waals surface area contributed by atoms with Crippen LogP contribution in [0.5, 0.6) is 0 Å². The molecule has 0 fully saturated rings. The summed E-state index contributed by atoms with van der Waals surface area (Å²) in [6.07, 6.45) is 3.12. The summed E-state index contributed by atoms with van der Waals surface area (Å²) >= 11 is 0. The highest BCUT2D eigenvalue weighted by atomic mass is 19.3. The van der Waals surface area contributed by atoms with E-state index in [0.29, 0.717) is 16.7 Å². The number of rotatable bonds is 1. The van der Waals surface area contributed by atoms with Crippen molar-refractivity contribution in [1.82, 2.24) is 4.98 Å². The molecule has 20 heavy (non-hydrogen) atoms. The highest BCUT2D eigenvalue weighted by Gasteiger charge is 2.46. The van der Waals surface area contributed by atoms with Crippen LogP contribution in [0.3, 0.4) is 0 Å². The first-order chi connectivity index (χ1) is 9.50. The van der Waals surface area contributed by atoms with Crippen molar-refractivity contribution >= 4 is 5.57 Å². The topological polar surface area (TPSA) is 58.0 Å². The lowest BCUT2D eigenvalue weighted by Crippen LogP contribution is -2.17. The summed E-state index contributed by atoms with van der Waals surface area (Å²) in [5, 5.41) is 9.05. The number of allylic oxidation sites excluding steroid dienone is 4. The minimum atomic E-state index is -3.66. The van der Waals surface area contributed by atoms with E-state index >= 15 is 0 Å². The molecule has 0 radical (unpaired) electrons. The van der Waals surface area contributed by atoms with Gasteiger partial charge in [0, 0.05) is 30.0 Å². The van der Waals surface area contributed by atoms with Gasteiger partial charge in [-0.2, -0.15) is 5.26 Å². The Morgan fingerprint density at radius 1 is 1.30 bits per heavy atom. The van der Waals surface area contributed by atoms with Crippen LogP contribution in [0, 0.1) is 11.3 Å². The van der Waals surface area contributed by atoms with E-state index < -0.39 is 6.29 Å². The van der Waals surface area contributed by atoms with Crippen molar-refractivity contribution in [1.29, 1.82) is 5.26 Å². The Bertz CT molecular complexity index is 705. The number of nitrogens with one attached hydrogen (secondary N) is 1. The lowest BCUT2D eigenvalue weighted by Gasteiger charge is -2.10. The second-order valence-corrected chi connectivity index (χ2v) is 4.58. The van der Waals surface area contributed by atoms with E-state index in [4.69, 9.17) is 5.26 Å². The predicted molar refractivity (Wildman–Crippen MR) is 66.0 cm³/mol. The third-order valence-electron chi connectivity index (χ3n) is 3.09. The van der Waals surface area contributed by atoms with Crippen molar-refractivity contribution < 1.29 is 18.3 Å². The summed E-state index contributed by atoms with van der Waals surface area (Å²) in [4.78, 5) is 2.79. The van der Waals surface area contributed by atoms with E-state index in [1.807, 2.05) is 13.0 Å². The van der Waals surface area contributed by atoms with Gasteiger partial charge < -0.3 is 14.5 Å². The molecule has 1 aromatic rings. The van der Waals surface area contributed by atoms with Gasteiger partial charge in [-0.15, -0.1) is 8.78 Å². The molecule has 2 heterocycles. The molecule has 0 aromatic carbocycles. The number of ether oxygens (including phenoxy) is 2. The van der Waals surface area contributed by atoms with Crippen LogP contribution in [-0.2, 0) is 9.47 Å². The molecule has 0 spiro atoms. The Morgan fingerprint density at radius 2 is 2.10 bits per heavy atom. The van der Waals surface area contributed by atoms with Crippen molar-refractivity contribution in [3.63, 3.8) is 0 Å². The van der Waals surface area contributed by atoms with Gasteiger partial charge in [0.25, 0.3) is 0 Å². The molecule has 1 aromatic heterocycles. The number of hydrogen-bond acceptors (Lipinski definition) is 3. The first kappa shape index (κ1) is 12.5. The minimum absolute atomic E-state index is 0.0146. The minimum Gasteiger partial charge on any atom is -0.399 e. The van der Waals surface area contributed by atoms with Gasteiger partial charge in [0.05, 0.1) is 5.56 Å². The Morgan fingerprint density at radius 3 is 2.85 bits per heavy atom. The monoisotopic (exact) mass is 276 g/mol. The maximum atomic E-state index is 13.3. The molecule has 1 aliphatic carbocycles. The third-order valence-corrected chi connectivity index (χ3v) is 3.09. The number of aromatic amines is 1. The molecule has 102 valence electrons. The standard InChI is InChI=1S/C14H10F2N2O2/c1-8-2-3-10(11-7-18-6-9(11)5-17)13-12(4-8)19-14(15,16)20-13/h2-3,6-7,18H,4H2,1H3. The fourth-order valence-corrected chi connectivity index (χ4v) is 2.21. The molecule has 0 saturated heterocycles. The molecule has 3 rings (SSSR count). The largest absolute Gasteiger partial charge is 0.585 e. The Labute approximate surface area is 113 Å². The number of hydrogen-bond donors (Lipinski definition) is 1. The van der Waals surface area contributed by atoms with Crippen LogP contribution in [0.1, 0.15) is 24.5 Å². The van der Waals surface area contributed by atoms with Crippen LogP contribution in [0.4, 0.5) is 8.78 Å². The molecule has 1 N–H and O–H groups in total. The molecular formula is C14H10F2N2O2. The fourth-order valence-electron chi connectivity index (χ4n) is 2.21. The summed E-state index contributed by atoms with van der Waals surface area (Å²) in [5.41, 5.74) is 2.14. The molecule has 4 nitrogen and oxygen atoms in total. The predicted octanol–water partition coefficient (Wildman–Crippen LogP) is 3.43. The second kappa shape index (κ2) is 4.23. The zero-order valence-corrected chi connectivity index (χ0v) is 10.5. The van der Waals surface area contributed by atoms with Crippen molar-refractivity contribution in [3.8, 4) is 6.07 Å². The van der Waals surface area contributed by atoms with Crippen molar-refractivity contribution in [3.05, 3.63) is 52.8 Å². The molecule has 0 saturated carbocycles. The van der Waals surface area contributed by atoms with Gasteiger partial charge >= 0.3 is 6.29 Å². The van der Waals surface area contributed by atoms with E-state index in [1.165, 1.54) is 6.20 Å². The van der Waals surface area contributed by atoms with E-state index in [0.717, 1.165) is 5.57 Å². The average Bonchev–Trinajstić information content (AvgIpc) is 2.91. The van der Waals surface area contributed by atoms with Gasteiger partial charge in [-0.1, -0.05) is 17.7 Å². The summed E-state index contributed by atoms with van der Waals surface area (Å²) in [5.74, 6) is 0.0665.